The van der Waals surface area contributed by atoms with Crippen LogP contribution in [0.5, 0.6) is 0 Å². The molecule has 0 fully saturated rings. The average Bonchev–Trinajstić information content (AvgIpc) is 2.57. The van der Waals surface area contributed by atoms with Gasteiger partial charge in [0.25, 0.3) is 0 Å². The summed E-state index contributed by atoms with van der Waals surface area (Å²) in [5.74, 6) is 0.627. The average molecular weight is 192 g/mol. The van der Waals surface area contributed by atoms with E-state index in [2.05, 4.69) is 10.6 Å². The Kier molecular flexibility index (Phi) is 2.37. The first kappa shape index (κ1) is 9.02. The van der Waals surface area contributed by atoms with E-state index in [9.17, 15) is 0 Å². The Morgan fingerprint density at radius 1 is 1.50 bits per heavy atom. The molecule has 1 aromatic heterocycles. The lowest BCUT2D eigenvalue weighted by molar-refractivity contribution is 0.207. The molecule has 4 heteroatoms. The lowest BCUT2D eigenvalue weighted by Gasteiger charge is -1.99. The Labute approximate surface area is 81.8 Å². The minimum atomic E-state index is 0.584. The van der Waals surface area contributed by atoms with Crippen LogP contribution in [0.15, 0.2) is 22.7 Å². The van der Waals surface area contributed by atoms with E-state index < -0.39 is 0 Å². The molecule has 74 valence electrons. The SMILES string of the molecule is CCONc1noc2cc(C)ccc12. The maximum absolute atomic E-state index is 5.13. The predicted molar refractivity (Wildman–Crippen MR) is 54.0 cm³/mol. The van der Waals surface area contributed by atoms with Crippen molar-refractivity contribution in [3.05, 3.63) is 23.8 Å². The molecule has 2 rings (SSSR count). The number of aryl methyl sites for hydroxylation is 1. The van der Waals surface area contributed by atoms with Crippen molar-refractivity contribution >= 4 is 16.8 Å². The van der Waals surface area contributed by atoms with E-state index in [1.807, 2.05) is 32.0 Å². The molecule has 1 heterocycles. The third kappa shape index (κ3) is 1.56. The number of aromatic nitrogens is 1. The normalized spacial score (nSPS) is 10.7. The van der Waals surface area contributed by atoms with Crippen molar-refractivity contribution in [2.24, 2.45) is 0 Å². The summed E-state index contributed by atoms with van der Waals surface area (Å²) in [6.45, 7) is 4.50. The molecule has 14 heavy (non-hydrogen) atoms. The number of nitrogens with zero attached hydrogens (tertiary/aromatic N) is 1. The van der Waals surface area contributed by atoms with Gasteiger partial charge in [-0.15, -0.1) is 0 Å². The Morgan fingerprint density at radius 2 is 2.36 bits per heavy atom. The van der Waals surface area contributed by atoms with Gasteiger partial charge < -0.3 is 4.52 Å². The molecular weight excluding hydrogens is 180 g/mol. The van der Waals surface area contributed by atoms with Crippen LogP contribution in [0.2, 0.25) is 0 Å². The molecule has 2 aromatic rings. The molecule has 0 unspecified atom stereocenters. The molecule has 0 aliphatic carbocycles. The Hall–Kier alpha value is -1.55. The van der Waals surface area contributed by atoms with E-state index in [0.717, 1.165) is 16.5 Å². The van der Waals surface area contributed by atoms with Gasteiger partial charge in [0.2, 0.25) is 5.82 Å². The van der Waals surface area contributed by atoms with E-state index >= 15 is 0 Å². The highest BCUT2D eigenvalue weighted by Crippen LogP contribution is 2.23. The highest BCUT2D eigenvalue weighted by atomic mass is 16.6. The second-order valence-corrected chi connectivity index (χ2v) is 3.07. The van der Waals surface area contributed by atoms with Crippen molar-refractivity contribution in [1.29, 1.82) is 0 Å². The number of nitrogens with one attached hydrogen (secondary N) is 1. The van der Waals surface area contributed by atoms with Gasteiger partial charge >= 0.3 is 0 Å². The molecule has 0 spiro atoms. The van der Waals surface area contributed by atoms with Crippen molar-refractivity contribution in [3.63, 3.8) is 0 Å². The lowest BCUT2D eigenvalue weighted by Crippen LogP contribution is -2.00. The maximum atomic E-state index is 5.13. The number of hydrogen-bond acceptors (Lipinski definition) is 4. The second-order valence-electron chi connectivity index (χ2n) is 3.07. The minimum Gasteiger partial charge on any atom is -0.354 e. The van der Waals surface area contributed by atoms with Gasteiger partial charge in [-0.1, -0.05) is 11.2 Å². The number of hydrogen-bond donors (Lipinski definition) is 1. The van der Waals surface area contributed by atoms with Crippen LogP contribution in [0.3, 0.4) is 0 Å². The molecule has 4 nitrogen and oxygen atoms in total. The van der Waals surface area contributed by atoms with Gasteiger partial charge in [-0.2, -0.15) is 0 Å². The molecule has 0 amide bonds. The molecular formula is C10H12N2O2. The molecule has 1 N–H and O–H groups in total. The monoisotopic (exact) mass is 192 g/mol. The van der Waals surface area contributed by atoms with E-state index in [1.165, 1.54) is 0 Å². The number of fused-ring (bicyclic) bond motifs is 1. The summed E-state index contributed by atoms with van der Waals surface area (Å²) in [5.41, 5.74) is 4.65. The van der Waals surface area contributed by atoms with Gasteiger partial charge in [0.15, 0.2) is 5.58 Å². The summed E-state index contributed by atoms with van der Waals surface area (Å²) in [6.07, 6.45) is 0. The topological polar surface area (TPSA) is 47.3 Å². The van der Waals surface area contributed by atoms with Crippen LogP contribution < -0.4 is 5.48 Å². The number of rotatable bonds is 3. The van der Waals surface area contributed by atoms with E-state index in [-0.39, 0.29) is 0 Å². The van der Waals surface area contributed by atoms with E-state index in [1.54, 1.807) is 0 Å². The largest absolute Gasteiger partial charge is 0.354 e. The maximum Gasteiger partial charge on any atom is 0.201 e. The molecule has 0 bridgehead atoms. The number of benzene rings is 1. The van der Waals surface area contributed by atoms with Crippen LogP contribution in [0.25, 0.3) is 11.0 Å². The van der Waals surface area contributed by atoms with Crippen molar-refractivity contribution in [1.82, 2.24) is 5.16 Å². The molecule has 0 aliphatic heterocycles. The smallest absolute Gasteiger partial charge is 0.201 e. The Balaban J connectivity index is 2.37. The first-order valence-electron chi connectivity index (χ1n) is 4.55. The highest BCUT2D eigenvalue weighted by molar-refractivity contribution is 5.87. The summed E-state index contributed by atoms with van der Waals surface area (Å²) in [5, 5.41) is 4.80. The third-order valence-electron chi connectivity index (χ3n) is 1.94. The zero-order valence-corrected chi connectivity index (χ0v) is 8.20. The van der Waals surface area contributed by atoms with Gasteiger partial charge in [0, 0.05) is 0 Å². The van der Waals surface area contributed by atoms with Gasteiger partial charge in [0.05, 0.1) is 12.0 Å². The van der Waals surface area contributed by atoms with Gasteiger partial charge in [-0.3, -0.25) is 4.84 Å². The Morgan fingerprint density at radius 3 is 3.14 bits per heavy atom. The van der Waals surface area contributed by atoms with Crippen LogP contribution in [0.1, 0.15) is 12.5 Å². The molecule has 0 aliphatic rings. The summed E-state index contributed by atoms with van der Waals surface area (Å²) in [4.78, 5) is 5.04. The fraction of sp³-hybridized carbons (Fsp3) is 0.300. The minimum absolute atomic E-state index is 0.584. The van der Waals surface area contributed by atoms with Crippen molar-refractivity contribution in [3.8, 4) is 0 Å². The Bertz CT molecular complexity index is 437. The van der Waals surface area contributed by atoms with Crippen molar-refractivity contribution in [2.75, 3.05) is 12.1 Å². The van der Waals surface area contributed by atoms with Gasteiger partial charge in [0.1, 0.15) is 0 Å². The fourth-order valence-electron chi connectivity index (χ4n) is 1.26. The fourth-order valence-corrected chi connectivity index (χ4v) is 1.26. The number of anilines is 1. The van der Waals surface area contributed by atoms with Crippen molar-refractivity contribution < 1.29 is 9.36 Å². The van der Waals surface area contributed by atoms with Crippen LogP contribution >= 0.6 is 0 Å². The highest BCUT2D eigenvalue weighted by Gasteiger charge is 2.06. The summed E-state index contributed by atoms with van der Waals surface area (Å²) >= 11 is 0. The zero-order valence-electron chi connectivity index (χ0n) is 8.20. The first-order valence-corrected chi connectivity index (χ1v) is 4.55. The summed E-state index contributed by atoms with van der Waals surface area (Å²) in [6, 6.07) is 5.92. The zero-order chi connectivity index (χ0) is 9.97. The van der Waals surface area contributed by atoms with Crippen LogP contribution in [-0.2, 0) is 4.84 Å². The predicted octanol–water partition coefficient (Wildman–Crippen LogP) is 2.50. The summed E-state index contributed by atoms with van der Waals surface area (Å²) < 4.78 is 5.13. The van der Waals surface area contributed by atoms with E-state index in [0.29, 0.717) is 12.4 Å². The quantitative estimate of drug-likeness (QED) is 0.759. The molecule has 0 atom stereocenters. The van der Waals surface area contributed by atoms with Gasteiger partial charge in [-0.25, -0.2) is 5.48 Å². The second kappa shape index (κ2) is 3.67. The van der Waals surface area contributed by atoms with E-state index in [4.69, 9.17) is 9.36 Å². The first-order chi connectivity index (χ1) is 6.81. The standard InChI is InChI=1S/C10H12N2O2/c1-3-13-11-10-8-5-4-7(2)6-9(8)14-12-10/h4-6H,3H2,1-2H3,(H,11,12). The van der Waals surface area contributed by atoms with Crippen LogP contribution in [-0.4, -0.2) is 11.8 Å². The molecule has 1 aromatic carbocycles. The molecule has 0 saturated heterocycles. The van der Waals surface area contributed by atoms with Crippen LogP contribution in [0.4, 0.5) is 5.82 Å². The van der Waals surface area contributed by atoms with Gasteiger partial charge in [-0.05, 0) is 31.5 Å². The van der Waals surface area contributed by atoms with Crippen molar-refractivity contribution in [2.45, 2.75) is 13.8 Å². The molecule has 0 radical (unpaired) electrons. The molecule has 0 saturated carbocycles. The summed E-state index contributed by atoms with van der Waals surface area (Å²) in [7, 11) is 0. The van der Waals surface area contributed by atoms with Crippen LogP contribution in [0, 0.1) is 6.92 Å². The lowest BCUT2D eigenvalue weighted by atomic mass is 10.2. The third-order valence-corrected chi connectivity index (χ3v) is 1.94.